The molecule has 106 valence electrons. The lowest BCUT2D eigenvalue weighted by Crippen LogP contribution is -2.47. The molecule has 4 heteroatoms. The zero-order valence-corrected chi connectivity index (χ0v) is 12.5. The van der Waals surface area contributed by atoms with Crippen molar-refractivity contribution in [1.29, 1.82) is 0 Å². The lowest BCUT2D eigenvalue weighted by Gasteiger charge is -2.23. The van der Waals surface area contributed by atoms with E-state index < -0.39 is 0 Å². The number of unbranched alkanes of at least 4 members (excludes halogenated alkanes) is 1. The number of hydrogen-bond acceptors (Lipinski definition) is 3. The molecule has 0 aromatic carbocycles. The third-order valence-corrected chi connectivity index (χ3v) is 3.27. The van der Waals surface area contributed by atoms with Crippen molar-refractivity contribution in [1.82, 2.24) is 10.2 Å². The summed E-state index contributed by atoms with van der Waals surface area (Å²) in [6, 6.07) is -0.345. The van der Waals surface area contributed by atoms with Crippen LogP contribution in [0.1, 0.15) is 47.0 Å². The number of nitrogens with zero attached hydrogens (tertiary/aromatic N) is 1. The number of rotatable bonds is 9. The van der Waals surface area contributed by atoms with Gasteiger partial charge in [0, 0.05) is 0 Å². The lowest BCUT2D eigenvalue weighted by molar-refractivity contribution is -0.128. The maximum absolute atomic E-state index is 11.8. The Balaban J connectivity index is 4.21. The van der Waals surface area contributed by atoms with Crippen molar-refractivity contribution in [2.75, 3.05) is 20.1 Å². The summed E-state index contributed by atoms with van der Waals surface area (Å²) < 4.78 is 0. The summed E-state index contributed by atoms with van der Waals surface area (Å²) in [5.41, 5.74) is 0. The van der Waals surface area contributed by atoms with Gasteiger partial charge in [-0.2, -0.15) is 0 Å². The maximum atomic E-state index is 11.8. The highest BCUT2D eigenvalue weighted by molar-refractivity contribution is 5.88. The van der Waals surface area contributed by atoms with Crippen molar-refractivity contribution in [3.8, 4) is 0 Å². The summed E-state index contributed by atoms with van der Waals surface area (Å²) >= 11 is 0. The molecule has 0 radical (unpaired) electrons. The van der Waals surface area contributed by atoms with Crippen molar-refractivity contribution in [2.45, 2.75) is 53.0 Å². The van der Waals surface area contributed by atoms with Crippen LogP contribution in [-0.4, -0.2) is 42.8 Å². The Kier molecular flexibility index (Phi) is 8.63. The molecule has 0 saturated heterocycles. The molecule has 0 fully saturated rings. The Morgan fingerprint density at radius 2 is 1.89 bits per heavy atom. The summed E-state index contributed by atoms with van der Waals surface area (Å²) in [6.07, 6.45) is 3.09. The molecule has 0 heterocycles. The first-order chi connectivity index (χ1) is 8.42. The number of amides is 1. The van der Waals surface area contributed by atoms with Gasteiger partial charge in [-0.25, -0.2) is 0 Å². The molecule has 0 aliphatic rings. The predicted octanol–water partition coefficient (Wildman–Crippen LogP) is 1.84. The monoisotopic (exact) mass is 256 g/mol. The zero-order chi connectivity index (χ0) is 14.1. The van der Waals surface area contributed by atoms with E-state index in [0.717, 1.165) is 25.8 Å². The highest BCUT2D eigenvalue weighted by Gasteiger charge is 2.22. The fourth-order valence-electron chi connectivity index (χ4n) is 1.85. The van der Waals surface area contributed by atoms with Crippen LogP contribution >= 0.6 is 0 Å². The van der Waals surface area contributed by atoms with Gasteiger partial charge in [-0.05, 0) is 32.9 Å². The highest BCUT2D eigenvalue weighted by atomic mass is 16.2. The number of carbonyl (C=O) groups excluding carboxylic acids is 2. The van der Waals surface area contributed by atoms with Crippen LogP contribution in [0.3, 0.4) is 0 Å². The number of likely N-dealkylation sites (N-methyl/N-ethyl adjacent to an activating group) is 1. The molecule has 0 bridgehead atoms. The van der Waals surface area contributed by atoms with Gasteiger partial charge in [-0.3, -0.25) is 14.5 Å². The molecule has 0 aliphatic carbocycles. The van der Waals surface area contributed by atoms with Gasteiger partial charge in [0.2, 0.25) is 5.91 Å². The molecule has 2 atom stereocenters. The van der Waals surface area contributed by atoms with Gasteiger partial charge in [0.25, 0.3) is 0 Å². The summed E-state index contributed by atoms with van der Waals surface area (Å²) in [7, 11) is 1.93. The molecule has 0 spiro atoms. The van der Waals surface area contributed by atoms with Crippen LogP contribution < -0.4 is 5.32 Å². The molecule has 0 aromatic heterocycles. The van der Waals surface area contributed by atoms with Crippen LogP contribution in [0.2, 0.25) is 0 Å². The van der Waals surface area contributed by atoms with Crippen LogP contribution in [0.25, 0.3) is 0 Å². The summed E-state index contributed by atoms with van der Waals surface area (Å²) in [6.45, 7) is 8.96. The lowest BCUT2D eigenvalue weighted by atomic mass is 9.96. The van der Waals surface area contributed by atoms with Gasteiger partial charge < -0.3 is 5.32 Å². The van der Waals surface area contributed by atoms with E-state index in [0.29, 0.717) is 6.54 Å². The van der Waals surface area contributed by atoms with E-state index in [1.54, 1.807) is 0 Å². The summed E-state index contributed by atoms with van der Waals surface area (Å²) in [4.78, 5) is 25.3. The number of carbonyl (C=O) groups is 2. The molecule has 0 aromatic rings. The third-order valence-electron chi connectivity index (χ3n) is 3.27. The van der Waals surface area contributed by atoms with E-state index >= 15 is 0 Å². The smallest absolute Gasteiger partial charge is 0.234 e. The SMILES string of the molecule is CCCCN(C)CC(=O)NC(C(C)=O)C(C)CC. The Morgan fingerprint density at radius 3 is 2.33 bits per heavy atom. The topological polar surface area (TPSA) is 49.4 Å². The van der Waals surface area contributed by atoms with E-state index in [2.05, 4.69) is 12.2 Å². The van der Waals surface area contributed by atoms with E-state index in [1.165, 1.54) is 6.92 Å². The maximum Gasteiger partial charge on any atom is 0.234 e. The first-order valence-corrected chi connectivity index (χ1v) is 6.90. The molecule has 0 rings (SSSR count). The first kappa shape index (κ1) is 17.1. The predicted molar refractivity (Wildman–Crippen MR) is 74.5 cm³/mol. The van der Waals surface area contributed by atoms with Gasteiger partial charge >= 0.3 is 0 Å². The minimum absolute atomic E-state index is 0.0360. The second-order valence-corrected chi connectivity index (χ2v) is 5.13. The Labute approximate surface area is 111 Å². The Hall–Kier alpha value is -0.900. The first-order valence-electron chi connectivity index (χ1n) is 6.90. The summed E-state index contributed by atoms with van der Waals surface area (Å²) in [5.74, 6) is 0.162. The van der Waals surface area contributed by atoms with E-state index in [1.807, 2.05) is 25.8 Å². The van der Waals surface area contributed by atoms with Crippen LogP contribution in [-0.2, 0) is 9.59 Å². The van der Waals surface area contributed by atoms with Crippen LogP contribution in [0.4, 0.5) is 0 Å². The van der Waals surface area contributed by atoms with E-state index in [-0.39, 0.29) is 23.7 Å². The fourth-order valence-corrected chi connectivity index (χ4v) is 1.85. The van der Waals surface area contributed by atoms with E-state index in [9.17, 15) is 9.59 Å². The van der Waals surface area contributed by atoms with Gasteiger partial charge in [-0.15, -0.1) is 0 Å². The van der Waals surface area contributed by atoms with Crippen LogP contribution in [0.5, 0.6) is 0 Å². The van der Waals surface area contributed by atoms with Crippen molar-refractivity contribution < 1.29 is 9.59 Å². The average Bonchev–Trinajstić information content (AvgIpc) is 2.32. The van der Waals surface area contributed by atoms with Crippen molar-refractivity contribution in [3.05, 3.63) is 0 Å². The normalized spacial score (nSPS) is 14.3. The average molecular weight is 256 g/mol. The second-order valence-electron chi connectivity index (χ2n) is 5.13. The van der Waals surface area contributed by atoms with E-state index in [4.69, 9.17) is 0 Å². The highest BCUT2D eigenvalue weighted by Crippen LogP contribution is 2.08. The van der Waals surface area contributed by atoms with Gasteiger partial charge in [0.15, 0.2) is 5.78 Å². The molecule has 4 nitrogen and oxygen atoms in total. The Bertz CT molecular complexity index is 267. The Morgan fingerprint density at radius 1 is 1.28 bits per heavy atom. The van der Waals surface area contributed by atoms with Crippen LogP contribution in [0, 0.1) is 5.92 Å². The number of nitrogens with one attached hydrogen (secondary N) is 1. The van der Waals surface area contributed by atoms with Gasteiger partial charge in [0.1, 0.15) is 0 Å². The molecular weight excluding hydrogens is 228 g/mol. The second kappa shape index (κ2) is 9.09. The van der Waals surface area contributed by atoms with Crippen LogP contribution in [0.15, 0.2) is 0 Å². The zero-order valence-electron chi connectivity index (χ0n) is 12.5. The standard InChI is InChI=1S/C14H28N2O2/c1-6-8-9-16(5)10-13(18)15-14(12(4)17)11(3)7-2/h11,14H,6-10H2,1-5H3,(H,15,18). The third kappa shape index (κ3) is 6.74. The number of Topliss-reactive ketones (excluding diaryl/α,β-unsaturated/α-hetero) is 1. The molecule has 18 heavy (non-hydrogen) atoms. The molecule has 2 unspecified atom stereocenters. The molecule has 1 amide bonds. The molecule has 1 N–H and O–H groups in total. The summed E-state index contributed by atoms with van der Waals surface area (Å²) in [5, 5.41) is 2.84. The molecule has 0 aliphatic heterocycles. The van der Waals surface area contributed by atoms with Gasteiger partial charge in [0.05, 0.1) is 12.6 Å². The largest absolute Gasteiger partial charge is 0.345 e. The molecular formula is C14H28N2O2. The quantitative estimate of drug-likeness (QED) is 0.685. The van der Waals surface area contributed by atoms with Crippen molar-refractivity contribution >= 4 is 11.7 Å². The fraction of sp³-hybridized carbons (Fsp3) is 0.857. The molecule has 0 saturated carbocycles. The van der Waals surface area contributed by atoms with Gasteiger partial charge in [-0.1, -0.05) is 33.6 Å². The minimum Gasteiger partial charge on any atom is -0.345 e. The number of ketones is 1. The van der Waals surface area contributed by atoms with Crippen molar-refractivity contribution in [2.24, 2.45) is 5.92 Å². The number of hydrogen-bond donors (Lipinski definition) is 1. The minimum atomic E-state index is -0.345. The van der Waals surface area contributed by atoms with Crippen molar-refractivity contribution in [3.63, 3.8) is 0 Å².